The number of thiazole rings is 1. The number of esters is 1. The summed E-state index contributed by atoms with van der Waals surface area (Å²) in [6.45, 7) is 7.30. The van der Waals surface area contributed by atoms with Crippen LogP contribution >= 0.6 is 11.3 Å². The molecule has 0 unspecified atom stereocenters. The number of likely N-dealkylation sites (N-methyl/N-ethyl adjacent to an activating group) is 1. The van der Waals surface area contributed by atoms with Crippen LogP contribution in [0.4, 0.5) is 16.9 Å². The number of benzene rings is 1. The molecular weight excluding hydrogens is 456 g/mol. The maximum absolute atomic E-state index is 12.2. The van der Waals surface area contributed by atoms with Gasteiger partial charge in [-0.25, -0.2) is 19.6 Å². The molecule has 0 bridgehead atoms. The number of aromatic nitrogens is 3. The fraction of sp³-hybridized carbons (Fsp3) is 0.348. The first-order valence-corrected chi connectivity index (χ1v) is 11.7. The van der Waals surface area contributed by atoms with E-state index in [2.05, 4.69) is 32.1 Å². The molecule has 3 aromatic rings. The van der Waals surface area contributed by atoms with Gasteiger partial charge in [-0.3, -0.25) is 5.32 Å². The zero-order valence-electron chi connectivity index (χ0n) is 19.2. The molecule has 3 heterocycles. The van der Waals surface area contributed by atoms with E-state index in [-0.39, 0.29) is 5.56 Å². The van der Waals surface area contributed by atoms with E-state index in [0.29, 0.717) is 34.0 Å². The number of nitrogens with one attached hydrogen (secondary N) is 1. The number of piperazine rings is 1. The van der Waals surface area contributed by atoms with E-state index in [4.69, 9.17) is 9.72 Å². The molecule has 10 nitrogen and oxygen atoms in total. The highest BCUT2D eigenvalue weighted by atomic mass is 32.1. The summed E-state index contributed by atoms with van der Waals surface area (Å²) in [5.41, 5.74) is 2.21. The first-order chi connectivity index (χ1) is 16.3. The number of carbonyl (C=O) groups is 2. The van der Waals surface area contributed by atoms with Gasteiger partial charge in [-0.1, -0.05) is 23.5 Å². The molecule has 34 heavy (non-hydrogen) atoms. The SMILES string of the molecule is CCOC(=O)c1sc(Nc2nc(-c3ccc(C(=O)O)cc3)cc(N3CCN(C)CC3)n2)nc1C. The summed E-state index contributed by atoms with van der Waals surface area (Å²) in [5.74, 6) is -0.275. The number of ether oxygens (including phenoxy) is 1. The third-order valence-corrected chi connectivity index (χ3v) is 6.50. The van der Waals surface area contributed by atoms with Gasteiger partial charge in [0.1, 0.15) is 10.7 Å². The molecule has 0 saturated carbocycles. The van der Waals surface area contributed by atoms with Gasteiger partial charge >= 0.3 is 11.9 Å². The zero-order chi connectivity index (χ0) is 24.2. The number of anilines is 3. The van der Waals surface area contributed by atoms with Crippen molar-refractivity contribution >= 4 is 40.2 Å². The zero-order valence-corrected chi connectivity index (χ0v) is 20.1. The van der Waals surface area contributed by atoms with E-state index in [0.717, 1.165) is 37.6 Å². The second kappa shape index (κ2) is 10.1. The molecule has 1 fully saturated rings. The molecule has 2 N–H and O–H groups in total. The fourth-order valence-electron chi connectivity index (χ4n) is 3.55. The largest absolute Gasteiger partial charge is 0.478 e. The molecule has 1 aromatic carbocycles. The Labute approximate surface area is 201 Å². The van der Waals surface area contributed by atoms with Crippen LogP contribution in [0.1, 0.15) is 32.6 Å². The third kappa shape index (κ3) is 5.32. The van der Waals surface area contributed by atoms with Gasteiger partial charge in [0.25, 0.3) is 0 Å². The van der Waals surface area contributed by atoms with Gasteiger partial charge in [0, 0.05) is 37.8 Å². The van der Waals surface area contributed by atoms with E-state index in [1.165, 1.54) is 11.3 Å². The predicted octanol–water partition coefficient (Wildman–Crippen LogP) is 3.28. The average molecular weight is 483 g/mol. The van der Waals surface area contributed by atoms with Crippen molar-refractivity contribution in [2.45, 2.75) is 13.8 Å². The lowest BCUT2D eigenvalue weighted by Gasteiger charge is -2.33. The summed E-state index contributed by atoms with van der Waals surface area (Å²) >= 11 is 1.19. The van der Waals surface area contributed by atoms with Gasteiger partial charge in [-0.2, -0.15) is 4.98 Å². The Morgan fingerprint density at radius 3 is 2.47 bits per heavy atom. The first kappa shape index (κ1) is 23.6. The highest BCUT2D eigenvalue weighted by Crippen LogP contribution is 2.29. The molecule has 4 rings (SSSR count). The number of carboxylic acid groups (broad SMARTS) is 1. The van der Waals surface area contributed by atoms with Crippen LogP contribution in [0.25, 0.3) is 11.3 Å². The number of aromatic carboxylic acids is 1. The van der Waals surface area contributed by atoms with Gasteiger partial charge in [0.05, 0.1) is 23.6 Å². The van der Waals surface area contributed by atoms with Crippen LogP contribution in [-0.4, -0.2) is 76.7 Å². The Bertz CT molecular complexity index is 1190. The van der Waals surface area contributed by atoms with Crippen LogP contribution in [0.2, 0.25) is 0 Å². The number of carboxylic acids is 1. The Morgan fingerprint density at radius 2 is 1.82 bits per heavy atom. The molecule has 0 aliphatic carbocycles. The molecule has 1 aliphatic rings. The smallest absolute Gasteiger partial charge is 0.350 e. The monoisotopic (exact) mass is 482 g/mol. The normalized spacial score (nSPS) is 14.1. The van der Waals surface area contributed by atoms with Gasteiger partial charge in [0.2, 0.25) is 5.95 Å². The highest BCUT2D eigenvalue weighted by molar-refractivity contribution is 7.17. The predicted molar refractivity (Wildman–Crippen MR) is 130 cm³/mol. The summed E-state index contributed by atoms with van der Waals surface area (Å²) in [5, 5.41) is 12.8. The van der Waals surface area contributed by atoms with Gasteiger partial charge in [-0.05, 0) is 33.0 Å². The van der Waals surface area contributed by atoms with Crippen molar-refractivity contribution in [3.8, 4) is 11.3 Å². The van der Waals surface area contributed by atoms with E-state index in [1.807, 2.05) is 6.07 Å². The average Bonchev–Trinajstić information content (AvgIpc) is 3.19. The van der Waals surface area contributed by atoms with Crippen LogP contribution in [0, 0.1) is 6.92 Å². The molecule has 178 valence electrons. The minimum atomic E-state index is -0.980. The highest BCUT2D eigenvalue weighted by Gasteiger charge is 2.20. The number of hydrogen-bond acceptors (Lipinski definition) is 10. The van der Waals surface area contributed by atoms with Crippen LogP contribution in [0.5, 0.6) is 0 Å². The Hall–Kier alpha value is -3.57. The number of carbonyl (C=O) groups excluding carboxylic acids is 1. The van der Waals surface area contributed by atoms with E-state index >= 15 is 0 Å². The summed E-state index contributed by atoms with van der Waals surface area (Å²) in [6, 6.07) is 8.48. The van der Waals surface area contributed by atoms with Crippen molar-refractivity contribution in [1.82, 2.24) is 19.9 Å². The molecule has 1 saturated heterocycles. The Kier molecular flexibility index (Phi) is 7.03. The minimum absolute atomic E-state index is 0.209. The lowest BCUT2D eigenvalue weighted by atomic mass is 10.1. The van der Waals surface area contributed by atoms with Gasteiger partial charge in [-0.15, -0.1) is 0 Å². The van der Waals surface area contributed by atoms with Crippen LogP contribution in [0.15, 0.2) is 30.3 Å². The summed E-state index contributed by atoms with van der Waals surface area (Å²) in [7, 11) is 2.09. The standard InChI is InChI=1S/C23H26N6O4S/c1-4-33-21(32)19-14(2)24-23(34-19)27-22-25-17(15-5-7-16(8-6-15)20(30)31)13-18(26-22)29-11-9-28(3)10-12-29/h5-8,13H,4,9-12H2,1-3H3,(H,30,31)(H,24,25,26,27). The second-order valence-corrected chi connectivity index (χ2v) is 8.89. The van der Waals surface area contributed by atoms with Gasteiger partial charge in [0.15, 0.2) is 5.13 Å². The van der Waals surface area contributed by atoms with Crippen molar-refractivity contribution in [2.24, 2.45) is 0 Å². The van der Waals surface area contributed by atoms with Crippen molar-refractivity contribution < 1.29 is 19.4 Å². The van der Waals surface area contributed by atoms with Crippen LogP contribution < -0.4 is 10.2 Å². The van der Waals surface area contributed by atoms with E-state index in [1.54, 1.807) is 38.1 Å². The maximum atomic E-state index is 12.2. The topological polar surface area (TPSA) is 121 Å². The van der Waals surface area contributed by atoms with E-state index < -0.39 is 11.9 Å². The quantitative estimate of drug-likeness (QED) is 0.485. The number of rotatable bonds is 7. The first-order valence-electron chi connectivity index (χ1n) is 10.9. The molecular formula is C23H26N6O4S. The molecule has 2 aromatic heterocycles. The lowest BCUT2D eigenvalue weighted by Crippen LogP contribution is -2.44. The summed E-state index contributed by atoms with van der Waals surface area (Å²) in [6.07, 6.45) is 0. The van der Waals surface area contributed by atoms with Crippen molar-refractivity contribution in [1.29, 1.82) is 0 Å². The van der Waals surface area contributed by atoms with Crippen LogP contribution in [0.3, 0.4) is 0 Å². The van der Waals surface area contributed by atoms with Crippen LogP contribution in [-0.2, 0) is 4.74 Å². The third-order valence-electron chi connectivity index (χ3n) is 5.44. The Balaban J connectivity index is 1.68. The molecule has 11 heteroatoms. The minimum Gasteiger partial charge on any atom is -0.478 e. The Morgan fingerprint density at radius 1 is 1.12 bits per heavy atom. The number of aryl methyl sites for hydroxylation is 1. The molecule has 0 atom stereocenters. The molecule has 0 amide bonds. The van der Waals surface area contributed by atoms with Crippen molar-refractivity contribution in [3.63, 3.8) is 0 Å². The molecule has 0 spiro atoms. The van der Waals surface area contributed by atoms with Gasteiger partial charge < -0.3 is 19.6 Å². The number of hydrogen-bond donors (Lipinski definition) is 2. The number of nitrogens with zero attached hydrogens (tertiary/aromatic N) is 5. The second-order valence-electron chi connectivity index (χ2n) is 7.89. The summed E-state index contributed by atoms with van der Waals surface area (Å²) < 4.78 is 5.10. The molecule has 0 radical (unpaired) electrons. The molecule has 1 aliphatic heterocycles. The lowest BCUT2D eigenvalue weighted by molar-refractivity contribution is 0.0530. The van der Waals surface area contributed by atoms with E-state index in [9.17, 15) is 14.7 Å². The fourth-order valence-corrected chi connectivity index (χ4v) is 4.40. The maximum Gasteiger partial charge on any atom is 0.350 e. The summed E-state index contributed by atoms with van der Waals surface area (Å²) in [4.78, 5) is 42.1. The van der Waals surface area contributed by atoms with Crippen molar-refractivity contribution in [3.05, 3.63) is 46.5 Å². The van der Waals surface area contributed by atoms with Crippen molar-refractivity contribution in [2.75, 3.05) is 50.1 Å².